The molecule has 3 rings (SSSR count). The van der Waals surface area contributed by atoms with Crippen LogP contribution in [0.5, 0.6) is 0 Å². The van der Waals surface area contributed by atoms with Gasteiger partial charge in [0.25, 0.3) is 0 Å². The van der Waals surface area contributed by atoms with Gasteiger partial charge in [-0.15, -0.1) is 0 Å². The Hall–Kier alpha value is -2.10. The fourth-order valence-corrected chi connectivity index (χ4v) is 3.34. The van der Waals surface area contributed by atoms with Gasteiger partial charge in [-0.3, -0.25) is 9.59 Å². The van der Waals surface area contributed by atoms with Crippen LogP contribution in [0.1, 0.15) is 44.1 Å². The summed E-state index contributed by atoms with van der Waals surface area (Å²) < 4.78 is 0. The number of carbonyl (C=O) groups is 2. The third-order valence-electron chi connectivity index (χ3n) is 4.88. The minimum atomic E-state index is -0.181. The summed E-state index contributed by atoms with van der Waals surface area (Å²) in [7, 11) is 0. The van der Waals surface area contributed by atoms with Crippen LogP contribution >= 0.6 is 0 Å². The van der Waals surface area contributed by atoms with Gasteiger partial charge in [0.15, 0.2) is 0 Å². The van der Waals surface area contributed by atoms with Crippen LogP contribution in [-0.2, 0) is 9.59 Å². The van der Waals surface area contributed by atoms with Gasteiger partial charge in [0, 0.05) is 12.2 Å². The lowest BCUT2D eigenvalue weighted by molar-refractivity contribution is -0.125. The molecule has 0 aromatic heterocycles. The molecule has 1 aromatic carbocycles. The van der Waals surface area contributed by atoms with Gasteiger partial charge in [0.2, 0.25) is 11.8 Å². The maximum absolute atomic E-state index is 12.2. The number of hydrogen-bond donors (Lipinski definition) is 2. The standard InChI is InChI=1S/C20H26N2O2/c1-14-6-5-9-16(12-14)22-20(24)18-13-17(18)19(23)21-11-10-15-7-3-2-4-8-15/h5-7,9,12,17-18H,2-4,8,10-11,13H2,1H3,(H,21,23)(H,22,24). The second-order valence-corrected chi connectivity index (χ2v) is 6.96. The number of hydrogen-bond acceptors (Lipinski definition) is 2. The summed E-state index contributed by atoms with van der Waals surface area (Å²) in [5.41, 5.74) is 3.37. The van der Waals surface area contributed by atoms with Crippen molar-refractivity contribution >= 4 is 17.5 Å². The van der Waals surface area contributed by atoms with Gasteiger partial charge < -0.3 is 10.6 Å². The van der Waals surface area contributed by atoms with E-state index in [1.54, 1.807) is 0 Å². The Bertz CT molecular complexity index is 651. The van der Waals surface area contributed by atoms with Gasteiger partial charge in [0.1, 0.15) is 0 Å². The summed E-state index contributed by atoms with van der Waals surface area (Å²) in [5.74, 6) is -0.360. The lowest BCUT2D eigenvalue weighted by Crippen LogP contribution is -2.28. The van der Waals surface area contributed by atoms with Crippen molar-refractivity contribution in [2.45, 2.75) is 45.4 Å². The van der Waals surface area contributed by atoms with Gasteiger partial charge in [-0.2, -0.15) is 0 Å². The monoisotopic (exact) mass is 326 g/mol. The molecule has 2 atom stereocenters. The molecule has 0 saturated heterocycles. The molecule has 0 heterocycles. The van der Waals surface area contributed by atoms with E-state index >= 15 is 0 Å². The van der Waals surface area contributed by atoms with Crippen LogP contribution in [-0.4, -0.2) is 18.4 Å². The Morgan fingerprint density at radius 3 is 2.75 bits per heavy atom. The van der Waals surface area contributed by atoms with Crippen LogP contribution in [0.4, 0.5) is 5.69 Å². The number of amides is 2. The normalized spacial score (nSPS) is 22.5. The van der Waals surface area contributed by atoms with E-state index in [9.17, 15) is 9.59 Å². The predicted molar refractivity (Wildman–Crippen MR) is 95.6 cm³/mol. The van der Waals surface area contributed by atoms with Gasteiger partial charge in [0.05, 0.1) is 11.8 Å². The molecule has 2 unspecified atom stereocenters. The van der Waals surface area contributed by atoms with Crippen LogP contribution in [0.3, 0.4) is 0 Å². The number of aryl methyl sites for hydroxylation is 1. The Morgan fingerprint density at radius 2 is 2.00 bits per heavy atom. The van der Waals surface area contributed by atoms with E-state index in [2.05, 4.69) is 16.7 Å². The fourth-order valence-electron chi connectivity index (χ4n) is 3.34. The number of rotatable bonds is 6. The van der Waals surface area contributed by atoms with Crippen molar-refractivity contribution in [1.82, 2.24) is 5.32 Å². The van der Waals surface area contributed by atoms with E-state index in [0.29, 0.717) is 13.0 Å². The van der Waals surface area contributed by atoms with E-state index in [4.69, 9.17) is 0 Å². The molecule has 1 aromatic rings. The summed E-state index contributed by atoms with van der Waals surface area (Å²) in [4.78, 5) is 24.4. The lowest BCUT2D eigenvalue weighted by atomic mass is 9.97. The Kier molecular flexibility index (Phi) is 5.34. The molecule has 128 valence electrons. The molecule has 0 radical (unpaired) electrons. The van der Waals surface area contributed by atoms with Crippen molar-refractivity contribution in [1.29, 1.82) is 0 Å². The second-order valence-electron chi connectivity index (χ2n) is 6.96. The van der Waals surface area contributed by atoms with E-state index in [-0.39, 0.29) is 23.7 Å². The summed E-state index contributed by atoms with van der Waals surface area (Å²) in [6.45, 7) is 2.68. The number of anilines is 1. The van der Waals surface area contributed by atoms with Crippen molar-refractivity contribution in [2.75, 3.05) is 11.9 Å². The molecule has 2 aliphatic carbocycles. The van der Waals surface area contributed by atoms with Crippen LogP contribution in [0, 0.1) is 18.8 Å². The van der Waals surface area contributed by atoms with E-state index in [1.165, 1.54) is 31.3 Å². The predicted octanol–water partition coefficient (Wildman–Crippen LogP) is 3.58. The second kappa shape index (κ2) is 7.65. The van der Waals surface area contributed by atoms with Crippen LogP contribution in [0.25, 0.3) is 0 Å². The molecule has 4 heteroatoms. The van der Waals surface area contributed by atoms with E-state index in [1.807, 2.05) is 31.2 Å². The lowest BCUT2D eigenvalue weighted by Gasteiger charge is -2.13. The van der Waals surface area contributed by atoms with Crippen molar-refractivity contribution in [3.8, 4) is 0 Å². The average molecular weight is 326 g/mol. The molecule has 1 saturated carbocycles. The molecule has 1 fully saturated rings. The van der Waals surface area contributed by atoms with Crippen LogP contribution in [0.2, 0.25) is 0 Å². The maximum Gasteiger partial charge on any atom is 0.228 e. The first-order chi connectivity index (χ1) is 11.6. The van der Waals surface area contributed by atoms with Gasteiger partial charge in [-0.05, 0) is 63.1 Å². The largest absolute Gasteiger partial charge is 0.356 e. The fraction of sp³-hybridized carbons (Fsp3) is 0.500. The Labute approximate surface area is 143 Å². The summed E-state index contributed by atoms with van der Waals surface area (Å²) in [6.07, 6.45) is 8.81. The summed E-state index contributed by atoms with van der Waals surface area (Å²) >= 11 is 0. The zero-order valence-electron chi connectivity index (χ0n) is 14.3. The van der Waals surface area contributed by atoms with Crippen LogP contribution < -0.4 is 10.6 Å². The highest BCUT2D eigenvalue weighted by atomic mass is 16.2. The molecule has 2 N–H and O–H groups in total. The number of carbonyl (C=O) groups excluding carboxylic acids is 2. The van der Waals surface area contributed by atoms with Crippen molar-refractivity contribution in [3.05, 3.63) is 41.5 Å². The zero-order valence-corrected chi connectivity index (χ0v) is 14.3. The molecule has 2 aliphatic rings. The first kappa shape index (κ1) is 16.7. The third kappa shape index (κ3) is 4.47. The highest BCUT2D eigenvalue weighted by molar-refractivity contribution is 5.99. The maximum atomic E-state index is 12.2. The SMILES string of the molecule is Cc1cccc(NC(=O)C2CC2C(=O)NCCC2=CCCCC2)c1. The highest BCUT2D eigenvalue weighted by Gasteiger charge is 2.47. The van der Waals surface area contributed by atoms with Crippen molar-refractivity contribution in [2.24, 2.45) is 11.8 Å². The van der Waals surface area contributed by atoms with Crippen molar-refractivity contribution in [3.63, 3.8) is 0 Å². The first-order valence-electron chi connectivity index (χ1n) is 8.96. The number of benzene rings is 1. The molecule has 24 heavy (non-hydrogen) atoms. The molecule has 0 bridgehead atoms. The number of nitrogens with one attached hydrogen (secondary N) is 2. The molecule has 0 aliphatic heterocycles. The number of allylic oxidation sites excluding steroid dienone is 1. The molecular weight excluding hydrogens is 300 g/mol. The molecule has 0 spiro atoms. The van der Waals surface area contributed by atoms with Crippen molar-refractivity contribution < 1.29 is 9.59 Å². The van der Waals surface area contributed by atoms with Crippen LogP contribution in [0.15, 0.2) is 35.9 Å². The van der Waals surface area contributed by atoms with E-state index in [0.717, 1.165) is 17.7 Å². The topological polar surface area (TPSA) is 58.2 Å². The quantitative estimate of drug-likeness (QED) is 0.785. The summed E-state index contributed by atoms with van der Waals surface area (Å²) in [6, 6.07) is 7.72. The first-order valence-corrected chi connectivity index (χ1v) is 8.96. The molecule has 4 nitrogen and oxygen atoms in total. The van der Waals surface area contributed by atoms with Gasteiger partial charge >= 0.3 is 0 Å². The average Bonchev–Trinajstić information content (AvgIpc) is 3.37. The van der Waals surface area contributed by atoms with Gasteiger partial charge in [-0.25, -0.2) is 0 Å². The minimum absolute atomic E-state index is 0.0239. The Balaban J connectivity index is 1.40. The zero-order chi connectivity index (χ0) is 16.9. The van der Waals surface area contributed by atoms with E-state index < -0.39 is 0 Å². The summed E-state index contributed by atoms with van der Waals surface area (Å²) in [5, 5.41) is 5.90. The Morgan fingerprint density at radius 1 is 1.17 bits per heavy atom. The highest BCUT2D eigenvalue weighted by Crippen LogP contribution is 2.39. The molecule has 2 amide bonds. The third-order valence-corrected chi connectivity index (χ3v) is 4.88. The van der Waals surface area contributed by atoms with Gasteiger partial charge in [-0.1, -0.05) is 23.8 Å². The molecular formula is C20H26N2O2. The minimum Gasteiger partial charge on any atom is -0.356 e. The smallest absolute Gasteiger partial charge is 0.228 e.